The number of carbonyl (C=O) groups excluding carboxylic acids is 1. The van der Waals surface area contributed by atoms with Crippen LogP contribution >= 0.6 is 0 Å². The first kappa shape index (κ1) is 18.6. The van der Waals surface area contributed by atoms with E-state index in [-0.39, 0.29) is 17.6 Å². The molecule has 144 valence electrons. The predicted octanol–water partition coefficient (Wildman–Crippen LogP) is 5.39. The monoisotopic (exact) mass is 386 g/mol. The number of halogens is 1. The summed E-state index contributed by atoms with van der Waals surface area (Å²) in [6.45, 7) is 2.43. The molecule has 29 heavy (non-hydrogen) atoms. The van der Waals surface area contributed by atoms with Crippen LogP contribution < -0.4 is 5.32 Å². The normalized spacial score (nSPS) is 10.7. The summed E-state index contributed by atoms with van der Waals surface area (Å²) in [5.41, 5.74) is 3.49. The molecule has 0 radical (unpaired) electrons. The number of rotatable bonds is 5. The zero-order valence-electron chi connectivity index (χ0n) is 15.9. The zero-order valence-corrected chi connectivity index (χ0v) is 15.9. The minimum absolute atomic E-state index is 0.227. The fourth-order valence-corrected chi connectivity index (χ4v) is 3.13. The second-order valence-electron chi connectivity index (χ2n) is 6.66. The molecule has 0 spiro atoms. The number of carbonyl (C=O) groups is 1. The molecule has 0 atom stereocenters. The lowest BCUT2D eigenvalue weighted by atomic mass is 10.1. The minimum atomic E-state index is -0.389. The summed E-state index contributed by atoms with van der Waals surface area (Å²) in [5.74, 6) is -0.0351. The van der Waals surface area contributed by atoms with Gasteiger partial charge in [-0.1, -0.05) is 48.5 Å². The van der Waals surface area contributed by atoms with Crippen LogP contribution in [-0.2, 0) is 6.54 Å². The van der Waals surface area contributed by atoms with Gasteiger partial charge >= 0.3 is 0 Å². The van der Waals surface area contributed by atoms with Gasteiger partial charge < -0.3 is 9.73 Å². The van der Waals surface area contributed by atoms with Gasteiger partial charge in [0.05, 0.1) is 17.3 Å². The van der Waals surface area contributed by atoms with Crippen molar-refractivity contribution in [1.29, 1.82) is 0 Å². The van der Waals surface area contributed by atoms with Gasteiger partial charge in [-0.15, -0.1) is 0 Å². The first-order chi connectivity index (χ1) is 14.1. The third-order valence-electron chi connectivity index (χ3n) is 4.75. The number of benzene rings is 3. The lowest BCUT2D eigenvalue weighted by Crippen LogP contribution is -2.23. The zero-order chi connectivity index (χ0) is 20.2. The Labute approximate surface area is 168 Å². The van der Waals surface area contributed by atoms with E-state index in [1.807, 2.05) is 31.2 Å². The maximum atomic E-state index is 14.0. The highest BCUT2D eigenvalue weighted by Gasteiger charge is 2.18. The molecule has 3 aromatic carbocycles. The second kappa shape index (κ2) is 8.10. The van der Waals surface area contributed by atoms with Gasteiger partial charge in [-0.2, -0.15) is 0 Å². The van der Waals surface area contributed by atoms with E-state index in [1.54, 1.807) is 42.5 Å². The van der Waals surface area contributed by atoms with Crippen LogP contribution in [0.1, 0.15) is 21.5 Å². The molecule has 4 rings (SSSR count). The molecule has 0 saturated heterocycles. The smallest absolute Gasteiger partial charge is 0.252 e. The van der Waals surface area contributed by atoms with Crippen molar-refractivity contribution in [3.63, 3.8) is 0 Å². The van der Waals surface area contributed by atoms with Gasteiger partial charge in [0.25, 0.3) is 5.91 Å². The summed E-state index contributed by atoms with van der Waals surface area (Å²) in [6, 6.07) is 21.3. The predicted molar refractivity (Wildman–Crippen MR) is 110 cm³/mol. The molecule has 5 heteroatoms. The maximum Gasteiger partial charge on any atom is 0.252 e. The van der Waals surface area contributed by atoms with Crippen LogP contribution in [-0.4, -0.2) is 10.9 Å². The first-order valence-corrected chi connectivity index (χ1v) is 9.26. The summed E-state index contributed by atoms with van der Waals surface area (Å²) in [4.78, 5) is 17.1. The summed E-state index contributed by atoms with van der Waals surface area (Å²) in [6.07, 6.45) is 1.47. The Morgan fingerprint density at radius 1 is 0.966 bits per heavy atom. The fraction of sp³-hybridized carbons (Fsp3) is 0.0833. The molecule has 0 saturated carbocycles. The van der Waals surface area contributed by atoms with Crippen molar-refractivity contribution >= 4 is 5.91 Å². The van der Waals surface area contributed by atoms with Crippen LogP contribution in [0, 0.1) is 12.7 Å². The second-order valence-corrected chi connectivity index (χ2v) is 6.66. The SMILES string of the molecule is Cc1ccccc1CNC(=O)c1ccccc1-c1ncc(-c2ccccc2F)o1. The topological polar surface area (TPSA) is 55.1 Å². The molecule has 0 aliphatic heterocycles. The molecular formula is C24H19FN2O2. The largest absolute Gasteiger partial charge is 0.436 e. The van der Waals surface area contributed by atoms with Gasteiger partial charge in [0, 0.05) is 12.1 Å². The Bertz CT molecular complexity index is 1170. The fourth-order valence-electron chi connectivity index (χ4n) is 3.13. The van der Waals surface area contributed by atoms with Crippen LogP contribution in [0.15, 0.2) is 83.4 Å². The van der Waals surface area contributed by atoms with Gasteiger partial charge in [-0.05, 0) is 42.3 Å². The molecule has 0 unspecified atom stereocenters. The Kier molecular flexibility index (Phi) is 5.20. The molecule has 1 N–H and O–H groups in total. The molecule has 0 aliphatic rings. The summed E-state index contributed by atoms with van der Waals surface area (Å²) >= 11 is 0. The van der Waals surface area contributed by atoms with E-state index in [9.17, 15) is 9.18 Å². The molecule has 0 fully saturated rings. The average molecular weight is 386 g/mol. The number of hydrogen-bond acceptors (Lipinski definition) is 3. The van der Waals surface area contributed by atoms with Crippen LogP contribution in [0.5, 0.6) is 0 Å². The summed E-state index contributed by atoms with van der Waals surface area (Å²) in [5, 5.41) is 2.95. The number of oxazole rings is 1. The minimum Gasteiger partial charge on any atom is -0.436 e. The summed E-state index contributed by atoms with van der Waals surface area (Å²) in [7, 11) is 0. The van der Waals surface area contributed by atoms with Crippen molar-refractivity contribution in [3.05, 3.63) is 102 Å². The standard InChI is InChI=1S/C24H19FN2O2/c1-16-8-2-3-9-17(16)14-26-23(28)18-10-4-5-11-19(18)24-27-15-22(29-24)20-12-6-7-13-21(20)25/h2-13,15H,14H2,1H3,(H,26,28). The van der Waals surface area contributed by atoms with E-state index in [0.29, 0.717) is 29.0 Å². The molecule has 0 bridgehead atoms. The van der Waals surface area contributed by atoms with E-state index in [1.165, 1.54) is 12.3 Å². The van der Waals surface area contributed by atoms with E-state index in [4.69, 9.17) is 4.42 Å². The van der Waals surface area contributed by atoms with E-state index < -0.39 is 0 Å². The molecule has 4 nitrogen and oxygen atoms in total. The number of aryl methyl sites for hydroxylation is 1. The summed E-state index contributed by atoms with van der Waals surface area (Å²) < 4.78 is 19.8. The number of nitrogens with zero attached hydrogens (tertiary/aromatic N) is 1. The van der Waals surface area contributed by atoms with Gasteiger partial charge in [-0.3, -0.25) is 4.79 Å². The molecule has 1 amide bonds. The Morgan fingerprint density at radius 2 is 1.66 bits per heavy atom. The number of aromatic nitrogens is 1. The average Bonchev–Trinajstić information content (AvgIpc) is 3.23. The third-order valence-corrected chi connectivity index (χ3v) is 4.75. The van der Waals surface area contributed by atoms with Gasteiger partial charge in [0.1, 0.15) is 5.82 Å². The lowest BCUT2D eigenvalue weighted by molar-refractivity contribution is 0.0951. The highest BCUT2D eigenvalue weighted by atomic mass is 19.1. The van der Waals surface area contributed by atoms with Gasteiger partial charge in [0.15, 0.2) is 5.76 Å². The quantitative estimate of drug-likeness (QED) is 0.501. The highest BCUT2D eigenvalue weighted by molar-refractivity contribution is 6.00. The Balaban J connectivity index is 1.60. The van der Waals surface area contributed by atoms with Crippen molar-refractivity contribution in [2.45, 2.75) is 13.5 Å². The van der Waals surface area contributed by atoms with Crippen LogP contribution in [0.3, 0.4) is 0 Å². The first-order valence-electron chi connectivity index (χ1n) is 9.26. The van der Waals surface area contributed by atoms with E-state index in [2.05, 4.69) is 10.3 Å². The molecule has 1 heterocycles. The van der Waals surface area contributed by atoms with E-state index >= 15 is 0 Å². The van der Waals surface area contributed by atoms with Crippen LogP contribution in [0.25, 0.3) is 22.8 Å². The molecule has 1 aromatic heterocycles. The number of amides is 1. The lowest BCUT2D eigenvalue weighted by Gasteiger charge is -2.10. The van der Waals surface area contributed by atoms with Crippen molar-refractivity contribution in [2.24, 2.45) is 0 Å². The molecular weight excluding hydrogens is 367 g/mol. The van der Waals surface area contributed by atoms with Crippen molar-refractivity contribution in [2.75, 3.05) is 0 Å². The van der Waals surface area contributed by atoms with Gasteiger partial charge in [0.2, 0.25) is 5.89 Å². The Hall–Kier alpha value is -3.73. The third kappa shape index (κ3) is 3.94. The van der Waals surface area contributed by atoms with Gasteiger partial charge in [-0.25, -0.2) is 9.37 Å². The van der Waals surface area contributed by atoms with Crippen molar-refractivity contribution in [1.82, 2.24) is 10.3 Å². The molecule has 0 aliphatic carbocycles. The van der Waals surface area contributed by atoms with Crippen LogP contribution in [0.2, 0.25) is 0 Å². The van der Waals surface area contributed by atoms with Crippen molar-refractivity contribution in [3.8, 4) is 22.8 Å². The van der Waals surface area contributed by atoms with E-state index in [0.717, 1.165) is 11.1 Å². The van der Waals surface area contributed by atoms with Crippen molar-refractivity contribution < 1.29 is 13.6 Å². The maximum absolute atomic E-state index is 14.0. The number of hydrogen-bond donors (Lipinski definition) is 1. The Morgan fingerprint density at radius 3 is 2.45 bits per heavy atom. The van der Waals surface area contributed by atoms with Crippen LogP contribution in [0.4, 0.5) is 4.39 Å². The number of nitrogens with one attached hydrogen (secondary N) is 1. The highest BCUT2D eigenvalue weighted by Crippen LogP contribution is 2.29. The molecule has 4 aromatic rings.